The van der Waals surface area contributed by atoms with E-state index in [0.717, 1.165) is 29.0 Å². The number of nitrogens with zero attached hydrogens (tertiary/aromatic N) is 3. The molecule has 1 unspecified atom stereocenters. The topological polar surface area (TPSA) is 64.1 Å². The Hall–Kier alpha value is -3.51. The average Bonchev–Trinajstić information content (AvgIpc) is 3.13. The van der Waals surface area contributed by atoms with Crippen LogP contribution in [0.4, 0.5) is 46.0 Å². The molecule has 3 atom stereocenters. The monoisotopic (exact) mass is 521 g/mol. The van der Waals surface area contributed by atoms with Gasteiger partial charge in [0, 0.05) is 32.2 Å². The Morgan fingerprint density at radius 2 is 1.44 bits per heavy atom. The zero-order chi connectivity index (χ0) is 27.2. The van der Waals surface area contributed by atoms with E-state index in [9.17, 15) is 45.4 Å². The Bertz CT molecular complexity index is 1100. The predicted octanol–water partition coefficient (Wildman–Crippen LogP) is 5.89. The third-order valence-corrected chi connectivity index (χ3v) is 6.33. The van der Waals surface area contributed by atoms with Crippen LogP contribution >= 0.6 is 0 Å². The van der Waals surface area contributed by atoms with Crippen LogP contribution in [0.15, 0.2) is 42.5 Å². The summed E-state index contributed by atoms with van der Waals surface area (Å²) in [6.45, 7) is 1.47. The van der Waals surface area contributed by atoms with E-state index >= 15 is 0 Å². The van der Waals surface area contributed by atoms with E-state index in [2.05, 4.69) is 0 Å². The molecule has 1 aliphatic heterocycles. The van der Waals surface area contributed by atoms with Gasteiger partial charge in [0.05, 0.1) is 23.2 Å². The van der Waals surface area contributed by atoms with E-state index in [1.165, 1.54) is 26.1 Å². The Morgan fingerprint density at radius 1 is 0.944 bits per heavy atom. The van der Waals surface area contributed by atoms with E-state index in [0.29, 0.717) is 22.6 Å². The maximum atomic E-state index is 13.4. The molecule has 1 N–H and O–H groups in total. The molecule has 0 saturated carbocycles. The number of likely N-dealkylation sites (tertiary alicyclic amines) is 1. The Morgan fingerprint density at radius 3 is 1.89 bits per heavy atom. The molecule has 0 aliphatic carbocycles. The molecule has 0 spiro atoms. The summed E-state index contributed by atoms with van der Waals surface area (Å²) in [4.78, 5) is 27.8. The minimum Gasteiger partial charge on any atom is -0.465 e. The third-order valence-electron chi connectivity index (χ3n) is 6.33. The van der Waals surface area contributed by atoms with Gasteiger partial charge in [0.1, 0.15) is 5.82 Å². The first-order valence-corrected chi connectivity index (χ1v) is 10.6. The van der Waals surface area contributed by atoms with Crippen molar-refractivity contribution >= 4 is 17.8 Å². The first kappa shape index (κ1) is 27.1. The fourth-order valence-electron chi connectivity index (χ4n) is 4.47. The zero-order valence-corrected chi connectivity index (χ0v) is 19.2. The van der Waals surface area contributed by atoms with Gasteiger partial charge >= 0.3 is 24.5 Å². The molecule has 3 amide bonds. The summed E-state index contributed by atoms with van der Waals surface area (Å²) in [5.41, 5.74) is -3.29. The van der Waals surface area contributed by atoms with E-state index in [1.807, 2.05) is 0 Å². The molecule has 2 aromatic carbocycles. The Balaban J connectivity index is 2.00. The summed E-state index contributed by atoms with van der Waals surface area (Å²) in [7, 11) is 2.30. The van der Waals surface area contributed by atoms with Crippen LogP contribution in [-0.4, -0.2) is 59.8 Å². The standard InChI is InChI=1S/C23H22F7N3O3/c1-12-19(18(11-33(12)21(35)36)13-4-6-16(24)7-5-13)32(3)20(34)31(2)17-9-14(22(25,26)27)8-15(10-17)23(28,29)30/h4-10,12,18-19H,11H2,1-3H3,(H,35,36)/t12?,18-,19+/m0/s1. The summed E-state index contributed by atoms with van der Waals surface area (Å²) in [5, 5.41) is 9.57. The summed E-state index contributed by atoms with van der Waals surface area (Å²) >= 11 is 0. The molecule has 13 heteroatoms. The van der Waals surface area contributed by atoms with Gasteiger partial charge in [-0.3, -0.25) is 4.90 Å². The lowest BCUT2D eigenvalue weighted by molar-refractivity contribution is -0.143. The molecule has 196 valence electrons. The lowest BCUT2D eigenvalue weighted by Gasteiger charge is -2.35. The SMILES string of the molecule is CC1[C@@H](N(C)C(=O)N(C)c2cc(C(F)(F)F)cc(C(F)(F)F)c2)[C@H](c2ccc(F)cc2)CN1C(=O)O. The molecule has 1 saturated heterocycles. The molecule has 6 nitrogen and oxygen atoms in total. The normalized spacial score (nSPS) is 20.4. The number of rotatable bonds is 3. The quantitative estimate of drug-likeness (QED) is 0.513. The van der Waals surface area contributed by atoms with Gasteiger partial charge < -0.3 is 14.9 Å². The van der Waals surface area contributed by atoms with Crippen molar-refractivity contribution in [3.05, 3.63) is 65.0 Å². The van der Waals surface area contributed by atoms with Crippen molar-refractivity contribution < 1.29 is 45.4 Å². The first-order chi connectivity index (χ1) is 16.5. The van der Waals surface area contributed by atoms with Crippen LogP contribution in [0, 0.1) is 5.82 Å². The van der Waals surface area contributed by atoms with Gasteiger partial charge in [0.2, 0.25) is 0 Å². The summed E-state index contributed by atoms with van der Waals surface area (Å²) in [6, 6.07) is 3.40. The van der Waals surface area contributed by atoms with Gasteiger partial charge in [-0.05, 0) is 42.8 Å². The number of carbonyl (C=O) groups excluding carboxylic acids is 1. The first-order valence-electron chi connectivity index (χ1n) is 10.6. The van der Waals surface area contributed by atoms with Crippen LogP contribution in [0.25, 0.3) is 0 Å². The number of hydrogen-bond donors (Lipinski definition) is 1. The minimum atomic E-state index is -5.10. The largest absolute Gasteiger partial charge is 0.465 e. The number of urea groups is 1. The van der Waals surface area contributed by atoms with E-state index in [4.69, 9.17) is 0 Å². The molecule has 1 fully saturated rings. The number of anilines is 1. The van der Waals surface area contributed by atoms with Gasteiger partial charge in [-0.15, -0.1) is 0 Å². The number of carboxylic acid groups (broad SMARTS) is 1. The number of amides is 3. The molecule has 36 heavy (non-hydrogen) atoms. The Kier molecular flexibility index (Phi) is 7.15. The maximum Gasteiger partial charge on any atom is 0.416 e. The number of alkyl halides is 6. The predicted molar refractivity (Wildman–Crippen MR) is 115 cm³/mol. The highest BCUT2D eigenvalue weighted by molar-refractivity contribution is 5.92. The molecule has 1 aliphatic rings. The van der Waals surface area contributed by atoms with Crippen LogP contribution in [0.5, 0.6) is 0 Å². The maximum absolute atomic E-state index is 13.4. The second-order valence-electron chi connectivity index (χ2n) is 8.54. The number of carbonyl (C=O) groups is 2. The van der Waals surface area contributed by atoms with Gasteiger partial charge in [0.15, 0.2) is 0 Å². The zero-order valence-electron chi connectivity index (χ0n) is 19.2. The van der Waals surface area contributed by atoms with Crippen LogP contribution < -0.4 is 4.90 Å². The van der Waals surface area contributed by atoms with Crippen molar-refractivity contribution in [3.63, 3.8) is 0 Å². The van der Waals surface area contributed by atoms with Crippen molar-refractivity contribution in [2.24, 2.45) is 0 Å². The van der Waals surface area contributed by atoms with Crippen LogP contribution in [0.1, 0.15) is 29.5 Å². The second-order valence-corrected chi connectivity index (χ2v) is 8.54. The molecular formula is C23H22F7N3O3. The van der Waals surface area contributed by atoms with Gasteiger partial charge in [0.25, 0.3) is 0 Å². The van der Waals surface area contributed by atoms with Gasteiger partial charge in [-0.1, -0.05) is 12.1 Å². The van der Waals surface area contributed by atoms with Crippen molar-refractivity contribution in [1.82, 2.24) is 9.80 Å². The lowest BCUT2D eigenvalue weighted by atomic mass is 9.91. The lowest BCUT2D eigenvalue weighted by Crippen LogP contribution is -2.51. The highest BCUT2D eigenvalue weighted by atomic mass is 19.4. The Labute approximate surface area is 201 Å². The summed E-state index contributed by atoms with van der Waals surface area (Å²) in [6.07, 6.45) is -11.5. The molecule has 3 rings (SSSR count). The highest BCUT2D eigenvalue weighted by Gasteiger charge is 2.46. The second kappa shape index (κ2) is 9.51. The van der Waals surface area contributed by atoms with E-state index in [1.54, 1.807) is 0 Å². The molecular weight excluding hydrogens is 499 g/mol. The smallest absolute Gasteiger partial charge is 0.416 e. The summed E-state index contributed by atoms with van der Waals surface area (Å²) in [5.74, 6) is -1.17. The van der Waals surface area contributed by atoms with Gasteiger partial charge in [-0.25, -0.2) is 14.0 Å². The van der Waals surface area contributed by atoms with Crippen molar-refractivity contribution in [2.45, 2.75) is 37.3 Å². The molecule has 0 aromatic heterocycles. The summed E-state index contributed by atoms with van der Waals surface area (Å²) < 4.78 is 93.1. The molecule has 2 aromatic rings. The van der Waals surface area contributed by atoms with Crippen molar-refractivity contribution in [3.8, 4) is 0 Å². The minimum absolute atomic E-state index is 0.0418. The number of benzene rings is 2. The van der Waals surface area contributed by atoms with Crippen LogP contribution in [0.3, 0.4) is 0 Å². The molecule has 0 bridgehead atoms. The highest BCUT2D eigenvalue weighted by Crippen LogP contribution is 2.39. The number of likely N-dealkylation sites (N-methyl/N-ethyl adjacent to an activating group) is 1. The van der Waals surface area contributed by atoms with Crippen LogP contribution in [-0.2, 0) is 12.4 Å². The van der Waals surface area contributed by atoms with E-state index < -0.39 is 65.1 Å². The van der Waals surface area contributed by atoms with Crippen LogP contribution in [0.2, 0.25) is 0 Å². The number of hydrogen-bond acceptors (Lipinski definition) is 2. The van der Waals surface area contributed by atoms with E-state index in [-0.39, 0.29) is 12.6 Å². The third kappa shape index (κ3) is 5.34. The van der Waals surface area contributed by atoms with Crippen molar-refractivity contribution in [2.75, 3.05) is 25.5 Å². The molecule has 1 heterocycles. The average molecular weight is 521 g/mol. The van der Waals surface area contributed by atoms with Crippen molar-refractivity contribution in [1.29, 1.82) is 0 Å². The number of halogens is 7. The fraction of sp³-hybridized carbons (Fsp3) is 0.391. The van der Waals surface area contributed by atoms with Gasteiger partial charge in [-0.2, -0.15) is 26.3 Å². The molecule has 0 radical (unpaired) electrons. The fourth-order valence-corrected chi connectivity index (χ4v) is 4.47.